The fourth-order valence-electron chi connectivity index (χ4n) is 1.96. The number of alkyl halides is 2. The molecule has 2 rings (SSSR count). The largest absolute Gasteiger partial charge is 0.348 e. The molecule has 1 aliphatic rings. The van der Waals surface area contributed by atoms with Gasteiger partial charge in [0.1, 0.15) is 5.82 Å². The van der Waals surface area contributed by atoms with Crippen molar-refractivity contribution in [1.82, 2.24) is 4.98 Å². The topological polar surface area (TPSA) is 33.2 Å². The van der Waals surface area contributed by atoms with E-state index in [-0.39, 0.29) is 19.0 Å². The van der Waals surface area contributed by atoms with Gasteiger partial charge < -0.3 is 4.90 Å². The van der Waals surface area contributed by atoms with Gasteiger partial charge in [-0.1, -0.05) is 0 Å². The molecule has 1 aliphatic heterocycles. The van der Waals surface area contributed by atoms with Crippen molar-refractivity contribution < 1.29 is 13.6 Å². The van der Waals surface area contributed by atoms with Crippen LogP contribution >= 0.6 is 0 Å². The summed E-state index contributed by atoms with van der Waals surface area (Å²) in [7, 11) is 0. The van der Waals surface area contributed by atoms with E-state index >= 15 is 0 Å². The highest BCUT2D eigenvalue weighted by molar-refractivity contribution is 5.74. The second-order valence-electron chi connectivity index (χ2n) is 4.10. The lowest BCUT2D eigenvalue weighted by Gasteiger charge is -2.21. The minimum absolute atomic E-state index is 0.149. The third kappa shape index (κ3) is 2.03. The summed E-state index contributed by atoms with van der Waals surface area (Å²) < 4.78 is 26.3. The van der Waals surface area contributed by atoms with Gasteiger partial charge in [-0.05, 0) is 19.1 Å². The second kappa shape index (κ2) is 3.81. The van der Waals surface area contributed by atoms with Crippen molar-refractivity contribution in [3.63, 3.8) is 0 Å². The Kier molecular flexibility index (Phi) is 2.61. The van der Waals surface area contributed by atoms with Crippen LogP contribution in [-0.2, 0) is 0 Å². The van der Waals surface area contributed by atoms with Crippen molar-refractivity contribution in [3.05, 3.63) is 23.9 Å². The lowest BCUT2D eigenvalue weighted by Crippen LogP contribution is -2.29. The van der Waals surface area contributed by atoms with Crippen LogP contribution < -0.4 is 4.90 Å². The average Bonchev–Trinajstić information content (AvgIpc) is 2.52. The summed E-state index contributed by atoms with van der Waals surface area (Å²) in [5.74, 6) is -2.15. The van der Waals surface area contributed by atoms with Crippen LogP contribution in [0.1, 0.15) is 23.7 Å². The molecule has 0 radical (unpaired) electrons. The molecule has 1 unspecified atom stereocenters. The molecule has 0 aromatic carbocycles. The first kappa shape index (κ1) is 11.0. The highest BCUT2D eigenvalue weighted by atomic mass is 19.3. The summed E-state index contributed by atoms with van der Waals surface area (Å²) in [4.78, 5) is 16.0. The quantitative estimate of drug-likeness (QED) is 0.724. The molecule has 86 valence electrons. The van der Waals surface area contributed by atoms with Gasteiger partial charge in [-0.3, -0.25) is 4.79 Å². The SMILES string of the molecule is CC1CC(F)(F)CN1c1ccc(C=O)cn1. The number of rotatable bonds is 2. The maximum atomic E-state index is 13.2. The Morgan fingerprint density at radius 2 is 2.31 bits per heavy atom. The third-order valence-electron chi connectivity index (χ3n) is 2.73. The van der Waals surface area contributed by atoms with Crippen molar-refractivity contribution in [1.29, 1.82) is 0 Å². The zero-order valence-electron chi connectivity index (χ0n) is 8.86. The Morgan fingerprint density at radius 3 is 2.75 bits per heavy atom. The van der Waals surface area contributed by atoms with Gasteiger partial charge >= 0.3 is 0 Å². The van der Waals surface area contributed by atoms with Gasteiger partial charge in [-0.25, -0.2) is 13.8 Å². The van der Waals surface area contributed by atoms with Crippen molar-refractivity contribution >= 4 is 12.1 Å². The van der Waals surface area contributed by atoms with E-state index in [1.165, 1.54) is 6.20 Å². The Bertz CT molecular complexity index is 391. The molecular weight excluding hydrogens is 214 g/mol. The zero-order chi connectivity index (χ0) is 11.8. The number of carbonyl (C=O) groups is 1. The molecule has 0 amide bonds. The van der Waals surface area contributed by atoms with Crippen LogP contribution in [0.2, 0.25) is 0 Å². The lowest BCUT2D eigenvalue weighted by atomic mass is 10.2. The summed E-state index contributed by atoms with van der Waals surface area (Å²) in [6.07, 6.45) is 1.93. The molecule has 0 bridgehead atoms. The predicted octanol–water partition coefficient (Wildman–Crippen LogP) is 2.13. The molecule has 3 nitrogen and oxygen atoms in total. The average molecular weight is 226 g/mol. The molecule has 0 saturated carbocycles. The van der Waals surface area contributed by atoms with E-state index in [0.717, 1.165) is 0 Å². The fourth-order valence-corrected chi connectivity index (χ4v) is 1.96. The molecule has 1 aromatic heterocycles. The molecule has 0 aliphatic carbocycles. The minimum Gasteiger partial charge on any atom is -0.348 e. The number of pyridine rings is 1. The molecule has 1 atom stereocenters. The van der Waals surface area contributed by atoms with Crippen LogP contribution in [0.25, 0.3) is 0 Å². The Hall–Kier alpha value is -1.52. The maximum absolute atomic E-state index is 13.2. The number of hydrogen-bond acceptors (Lipinski definition) is 3. The van der Waals surface area contributed by atoms with Crippen molar-refractivity contribution in [2.75, 3.05) is 11.4 Å². The molecule has 1 fully saturated rings. The van der Waals surface area contributed by atoms with E-state index in [1.54, 1.807) is 24.0 Å². The van der Waals surface area contributed by atoms with Crippen LogP contribution in [0.4, 0.5) is 14.6 Å². The Labute approximate surface area is 92.1 Å². The maximum Gasteiger partial charge on any atom is 0.267 e. The predicted molar refractivity (Wildman–Crippen MR) is 56.0 cm³/mol. The van der Waals surface area contributed by atoms with E-state index in [0.29, 0.717) is 17.7 Å². The first-order valence-electron chi connectivity index (χ1n) is 5.07. The van der Waals surface area contributed by atoms with Gasteiger partial charge in [0.25, 0.3) is 5.92 Å². The molecule has 0 N–H and O–H groups in total. The standard InChI is InChI=1S/C11H12F2N2O/c1-8-4-11(12,13)7-15(8)10-3-2-9(6-16)5-14-10/h2-3,5-6,8H,4,7H2,1H3. The van der Waals surface area contributed by atoms with Crippen molar-refractivity contribution in [3.8, 4) is 0 Å². The number of aldehydes is 1. The summed E-state index contributed by atoms with van der Waals surface area (Å²) in [6, 6.07) is 2.95. The molecular formula is C11H12F2N2O. The normalized spacial score (nSPS) is 23.4. The molecule has 2 heterocycles. The lowest BCUT2D eigenvalue weighted by molar-refractivity contribution is 0.0229. The highest BCUT2D eigenvalue weighted by Gasteiger charge is 2.43. The van der Waals surface area contributed by atoms with Gasteiger partial charge in [0.15, 0.2) is 6.29 Å². The van der Waals surface area contributed by atoms with Gasteiger partial charge in [0.2, 0.25) is 0 Å². The first-order chi connectivity index (χ1) is 7.52. The monoisotopic (exact) mass is 226 g/mol. The number of halogens is 2. The van der Waals surface area contributed by atoms with E-state index in [2.05, 4.69) is 4.98 Å². The Morgan fingerprint density at radius 1 is 1.56 bits per heavy atom. The van der Waals surface area contributed by atoms with Crippen LogP contribution in [0.5, 0.6) is 0 Å². The van der Waals surface area contributed by atoms with E-state index in [1.807, 2.05) is 0 Å². The van der Waals surface area contributed by atoms with E-state index in [4.69, 9.17) is 0 Å². The number of aromatic nitrogens is 1. The van der Waals surface area contributed by atoms with Gasteiger partial charge in [-0.2, -0.15) is 0 Å². The second-order valence-corrected chi connectivity index (χ2v) is 4.10. The van der Waals surface area contributed by atoms with Gasteiger partial charge in [0.05, 0.1) is 6.54 Å². The Balaban J connectivity index is 2.21. The smallest absolute Gasteiger partial charge is 0.267 e. The number of carbonyl (C=O) groups excluding carboxylic acids is 1. The van der Waals surface area contributed by atoms with Crippen LogP contribution in [0.3, 0.4) is 0 Å². The molecule has 1 aromatic rings. The number of nitrogens with zero attached hydrogens (tertiary/aromatic N) is 2. The molecule has 1 saturated heterocycles. The van der Waals surface area contributed by atoms with Crippen molar-refractivity contribution in [2.24, 2.45) is 0 Å². The number of hydrogen-bond donors (Lipinski definition) is 0. The van der Waals surface area contributed by atoms with Crippen molar-refractivity contribution in [2.45, 2.75) is 25.3 Å². The van der Waals surface area contributed by atoms with Crippen LogP contribution in [0.15, 0.2) is 18.3 Å². The zero-order valence-corrected chi connectivity index (χ0v) is 8.86. The van der Waals surface area contributed by atoms with Crippen LogP contribution in [-0.4, -0.2) is 29.8 Å². The minimum atomic E-state index is -2.65. The summed E-state index contributed by atoms with van der Waals surface area (Å²) in [5.41, 5.74) is 0.447. The van der Waals surface area contributed by atoms with E-state index < -0.39 is 5.92 Å². The highest BCUT2D eigenvalue weighted by Crippen LogP contribution is 2.34. The molecule has 0 spiro atoms. The van der Waals surface area contributed by atoms with Crippen LogP contribution in [0, 0.1) is 0 Å². The fraction of sp³-hybridized carbons (Fsp3) is 0.455. The number of anilines is 1. The first-order valence-corrected chi connectivity index (χ1v) is 5.07. The molecule has 5 heteroatoms. The van der Waals surface area contributed by atoms with Gasteiger partial charge in [-0.15, -0.1) is 0 Å². The van der Waals surface area contributed by atoms with Gasteiger partial charge in [0, 0.05) is 24.2 Å². The third-order valence-corrected chi connectivity index (χ3v) is 2.73. The molecule has 16 heavy (non-hydrogen) atoms. The van der Waals surface area contributed by atoms with E-state index in [9.17, 15) is 13.6 Å². The summed E-state index contributed by atoms with van der Waals surface area (Å²) in [6.45, 7) is 1.44. The summed E-state index contributed by atoms with van der Waals surface area (Å²) in [5, 5.41) is 0. The summed E-state index contributed by atoms with van der Waals surface area (Å²) >= 11 is 0.